The first kappa shape index (κ1) is 27.3. The smallest absolute Gasteiger partial charge is 0.183 e. The molecule has 40 heavy (non-hydrogen) atoms. The SMILES string of the molecule is Cc1ccc(C(=O)Cc2ccc(Nc3ccc(CC(=O)c4ccc(N5CCC(O)CC5)cc4)cc3F)cc2)n1C. The Hall–Kier alpha value is -4.23. The van der Waals surface area contributed by atoms with Crippen molar-refractivity contribution in [3.8, 4) is 0 Å². The van der Waals surface area contributed by atoms with Crippen LogP contribution in [0.3, 0.4) is 0 Å². The number of aryl methyl sites for hydroxylation is 1. The molecule has 2 N–H and O–H groups in total. The predicted molar refractivity (Wildman–Crippen MR) is 156 cm³/mol. The van der Waals surface area contributed by atoms with Gasteiger partial charge in [-0.15, -0.1) is 0 Å². The molecule has 0 radical (unpaired) electrons. The van der Waals surface area contributed by atoms with Crippen molar-refractivity contribution >= 4 is 28.6 Å². The molecule has 5 rings (SSSR count). The van der Waals surface area contributed by atoms with Crippen molar-refractivity contribution in [2.24, 2.45) is 7.05 Å². The Morgan fingerprint density at radius 2 is 1.52 bits per heavy atom. The number of ketones is 2. The van der Waals surface area contributed by atoms with Crippen LogP contribution in [0, 0.1) is 12.7 Å². The number of carbonyl (C=O) groups excluding carboxylic acids is 2. The highest BCUT2D eigenvalue weighted by atomic mass is 19.1. The van der Waals surface area contributed by atoms with Gasteiger partial charge in [0.15, 0.2) is 11.6 Å². The fourth-order valence-corrected chi connectivity index (χ4v) is 5.07. The van der Waals surface area contributed by atoms with Crippen LogP contribution in [0.15, 0.2) is 78.9 Å². The molecule has 1 fully saturated rings. The van der Waals surface area contributed by atoms with Crippen LogP contribution in [0.2, 0.25) is 0 Å². The van der Waals surface area contributed by atoms with E-state index < -0.39 is 5.82 Å². The van der Waals surface area contributed by atoms with Crippen molar-refractivity contribution in [3.05, 3.63) is 113 Å². The van der Waals surface area contributed by atoms with Crippen LogP contribution >= 0.6 is 0 Å². The second-order valence-corrected chi connectivity index (χ2v) is 10.5. The van der Waals surface area contributed by atoms with Gasteiger partial charge in [-0.2, -0.15) is 0 Å². The zero-order valence-corrected chi connectivity index (χ0v) is 22.9. The van der Waals surface area contributed by atoms with Gasteiger partial charge in [0.2, 0.25) is 0 Å². The topological polar surface area (TPSA) is 74.6 Å². The lowest BCUT2D eigenvalue weighted by Crippen LogP contribution is -2.35. The molecule has 6 nitrogen and oxygen atoms in total. The number of aliphatic hydroxyl groups is 1. The average Bonchev–Trinajstić information content (AvgIpc) is 3.29. The van der Waals surface area contributed by atoms with Gasteiger partial charge in [-0.05, 0) is 91.6 Å². The molecule has 0 saturated carbocycles. The van der Waals surface area contributed by atoms with E-state index in [0.717, 1.165) is 42.9 Å². The van der Waals surface area contributed by atoms with Crippen molar-refractivity contribution in [2.75, 3.05) is 23.3 Å². The number of nitrogens with zero attached hydrogens (tertiary/aromatic N) is 2. The van der Waals surface area contributed by atoms with Crippen molar-refractivity contribution in [3.63, 3.8) is 0 Å². The standard InChI is InChI=1S/C33H34FN3O3/c1-22-3-14-31(36(22)2)33(40)20-23-4-9-26(10-5-23)35-30-13-6-24(19-29(30)34)21-32(39)25-7-11-27(12-8-25)37-17-15-28(38)16-18-37/h3-14,19,28,35,38H,15-18,20-21H2,1-2H3. The summed E-state index contributed by atoms with van der Waals surface area (Å²) in [5, 5.41) is 12.8. The lowest BCUT2D eigenvalue weighted by molar-refractivity contribution is 0.0980. The third-order valence-electron chi connectivity index (χ3n) is 7.67. The van der Waals surface area contributed by atoms with E-state index in [2.05, 4.69) is 10.2 Å². The van der Waals surface area contributed by atoms with Gasteiger partial charge in [-0.3, -0.25) is 9.59 Å². The Labute approximate surface area is 234 Å². The molecule has 0 bridgehead atoms. The third kappa shape index (κ3) is 6.32. The van der Waals surface area contributed by atoms with Crippen LogP contribution in [-0.2, 0) is 19.9 Å². The number of piperidine rings is 1. The Morgan fingerprint density at radius 3 is 2.15 bits per heavy atom. The van der Waals surface area contributed by atoms with Gasteiger partial charge in [0.25, 0.3) is 0 Å². The lowest BCUT2D eigenvalue weighted by Gasteiger charge is -2.31. The number of benzene rings is 3. The molecule has 7 heteroatoms. The van der Waals surface area contributed by atoms with Crippen LogP contribution in [0.4, 0.5) is 21.5 Å². The fraction of sp³-hybridized carbons (Fsp3) is 0.273. The van der Waals surface area contributed by atoms with Crippen LogP contribution in [0.1, 0.15) is 50.5 Å². The number of rotatable bonds is 9. The molecule has 1 saturated heterocycles. The molecule has 206 valence electrons. The van der Waals surface area contributed by atoms with Crippen LogP contribution in [0.25, 0.3) is 0 Å². The Morgan fingerprint density at radius 1 is 0.875 bits per heavy atom. The third-order valence-corrected chi connectivity index (χ3v) is 7.67. The minimum absolute atomic E-state index is 0.0474. The van der Waals surface area contributed by atoms with Crippen LogP contribution in [-0.4, -0.2) is 40.4 Å². The number of carbonyl (C=O) groups is 2. The molecular formula is C33H34FN3O3. The minimum atomic E-state index is -0.439. The summed E-state index contributed by atoms with van der Waals surface area (Å²) >= 11 is 0. The molecule has 3 aromatic carbocycles. The zero-order chi connectivity index (χ0) is 28.2. The zero-order valence-electron chi connectivity index (χ0n) is 22.9. The van der Waals surface area contributed by atoms with Crippen molar-refractivity contribution < 1.29 is 19.1 Å². The average molecular weight is 540 g/mol. The maximum absolute atomic E-state index is 14.9. The van der Waals surface area contributed by atoms with Gasteiger partial charge in [0.1, 0.15) is 5.82 Å². The molecule has 1 aliphatic rings. The number of aliphatic hydroxyl groups excluding tert-OH is 1. The molecule has 1 aliphatic heterocycles. The molecular weight excluding hydrogens is 505 g/mol. The summed E-state index contributed by atoms with van der Waals surface area (Å²) in [6, 6.07) is 23.4. The molecule has 0 atom stereocenters. The maximum atomic E-state index is 14.9. The van der Waals surface area contributed by atoms with E-state index in [1.165, 1.54) is 6.07 Å². The normalized spacial score (nSPS) is 13.8. The summed E-state index contributed by atoms with van der Waals surface area (Å²) in [5.74, 6) is -0.464. The second-order valence-electron chi connectivity index (χ2n) is 10.5. The quantitative estimate of drug-likeness (QED) is 0.254. The number of aromatic nitrogens is 1. The molecule has 1 aromatic heterocycles. The van der Waals surface area contributed by atoms with Crippen molar-refractivity contribution in [2.45, 2.75) is 38.7 Å². The first-order valence-corrected chi connectivity index (χ1v) is 13.6. The van der Waals surface area contributed by atoms with E-state index in [1.54, 1.807) is 12.1 Å². The molecule has 0 aliphatic carbocycles. The summed E-state index contributed by atoms with van der Waals surface area (Å²) in [7, 11) is 1.88. The largest absolute Gasteiger partial charge is 0.393 e. The summed E-state index contributed by atoms with van der Waals surface area (Å²) in [6.45, 7) is 3.56. The first-order valence-electron chi connectivity index (χ1n) is 13.6. The molecule has 2 heterocycles. The minimum Gasteiger partial charge on any atom is -0.393 e. The fourth-order valence-electron chi connectivity index (χ4n) is 5.07. The molecule has 0 unspecified atom stereocenters. The maximum Gasteiger partial charge on any atom is 0.183 e. The van der Waals surface area contributed by atoms with E-state index in [1.807, 2.05) is 79.2 Å². The molecule has 4 aromatic rings. The highest BCUT2D eigenvalue weighted by molar-refractivity contribution is 5.98. The van der Waals surface area contributed by atoms with Crippen molar-refractivity contribution in [1.29, 1.82) is 0 Å². The Bertz CT molecular complexity index is 1500. The number of hydrogen-bond acceptors (Lipinski definition) is 5. The predicted octanol–water partition coefficient (Wildman–Crippen LogP) is 6.03. The molecule has 0 spiro atoms. The van der Waals surface area contributed by atoms with Crippen molar-refractivity contribution in [1.82, 2.24) is 4.57 Å². The first-order chi connectivity index (χ1) is 19.3. The Balaban J connectivity index is 1.17. The van der Waals surface area contributed by atoms with Crippen LogP contribution in [0.5, 0.6) is 0 Å². The number of halogens is 1. The second kappa shape index (κ2) is 11.9. The molecule has 0 amide bonds. The summed E-state index contributed by atoms with van der Waals surface area (Å²) in [5.41, 5.74) is 5.84. The van der Waals surface area contributed by atoms with Gasteiger partial charge in [-0.25, -0.2) is 4.39 Å². The highest BCUT2D eigenvalue weighted by Crippen LogP contribution is 2.24. The van der Waals surface area contributed by atoms with E-state index in [0.29, 0.717) is 34.6 Å². The number of anilines is 3. The van der Waals surface area contributed by atoms with Crippen LogP contribution < -0.4 is 10.2 Å². The monoisotopic (exact) mass is 539 g/mol. The van der Waals surface area contributed by atoms with E-state index in [9.17, 15) is 19.1 Å². The lowest BCUT2D eigenvalue weighted by atomic mass is 10.0. The van der Waals surface area contributed by atoms with Gasteiger partial charge < -0.3 is 19.9 Å². The van der Waals surface area contributed by atoms with Gasteiger partial charge in [0.05, 0.1) is 17.5 Å². The number of hydrogen-bond donors (Lipinski definition) is 2. The van der Waals surface area contributed by atoms with E-state index >= 15 is 0 Å². The highest BCUT2D eigenvalue weighted by Gasteiger charge is 2.18. The summed E-state index contributed by atoms with van der Waals surface area (Å²) in [4.78, 5) is 27.7. The number of Topliss-reactive ketones (excluding diaryl/α,β-unsaturated/α-hetero) is 2. The van der Waals surface area contributed by atoms with E-state index in [4.69, 9.17) is 0 Å². The number of nitrogens with one attached hydrogen (secondary N) is 1. The van der Waals surface area contributed by atoms with E-state index in [-0.39, 0.29) is 24.1 Å². The summed E-state index contributed by atoms with van der Waals surface area (Å²) < 4.78 is 16.8. The van der Waals surface area contributed by atoms with Gasteiger partial charge >= 0.3 is 0 Å². The summed E-state index contributed by atoms with van der Waals surface area (Å²) in [6.07, 6.45) is 1.66. The Kier molecular flexibility index (Phi) is 8.12. The van der Waals surface area contributed by atoms with Gasteiger partial charge in [0, 0.05) is 55.6 Å². The van der Waals surface area contributed by atoms with Gasteiger partial charge in [-0.1, -0.05) is 18.2 Å².